The molecule has 7 heteroatoms. The largest absolute Gasteiger partial charge is 0.361 e. The van der Waals surface area contributed by atoms with Crippen LogP contribution in [0.2, 0.25) is 0 Å². The van der Waals surface area contributed by atoms with E-state index >= 15 is 0 Å². The second kappa shape index (κ2) is 8.18. The Morgan fingerprint density at radius 3 is 2.41 bits per heavy atom. The van der Waals surface area contributed by atoms with E-state index in [2.05, 4.69) is 15.8 Å². The molecule has 3 N–H and O–H groups in total. The molecule has 0 spiro atoms. The van der Waals surface area contributed by atoms with Crippen molar-refractivity contribution in [2.24, 2.45) is 0 Å². The van der Waals surface area contributed by atoms with Crippen LogP contribution < -0.4 is 15.8 Å². The number of H-pyrrole nitrogens is 1. The van der Waals surface area contributed by atoms with Crippen molar-refractivity contribution in [1.82, 2.24) is 15.8 Å². The summed E-state index contributed by atoms with van der Waals surface area (Å²) in [7, 11) is 0. The number of aromatic nitrogens is 1. The van der Waals surface area contributed by atoms with Gasteiger partial charge in [0.25, 0.3) is 0 Å². The first-order chi connectivity index (χ1) is 14.1. The van der Waals surface area contributed by atoms with Crippen molar-refractivity contribution in [3.8, 4) is 0 Å². The number of hydrazine groups is 1. The highest BCUT2D eigenvalue weighted by Gasteiger charge is 2.21. The highest BCUT2D eigenvalue weighted by Crippen LogP contribution is 2.21. The molecule has 148 valence electrons. The Morgan fingerprint density at radius 1 is 0.966 bits per heavy atom. The third kappa shape index (κ3) is 4.29. The van der Waals surface area contributed by atoms with Crippen molar-refractivity contribution in [3.05, 3.63) is 65.9 Å². The molecule has 3 amide bonds. The van der Waals surface area contributed by atoms with E-state index in [0.717, 1.165) is 40.7 Å². The Bertz CT molecular complexity index is 1060. The molecule has 1 aliphatic rings. The minimum absolute atomic E-state index is 0.133. The van der Waals surface area contributed by atoms with E-state index in [4.69, 9.17) is 0 Å². The average molecular weight is 390 g/mol. The number of benzene rings is 2. The van der Waals surface area contributed by atoms with Crippen LogP contribution in [0.5, 0.6) is 0 Å². The molecule has 1 aromatic heterocycles. The van der Waals surface area contributed by atoms with E-state index in [1.807, 2.05) is 48.5 Å². The van der Waals surface area contributed by atoms with Gasteiger partial charge in [-0.15, -0.1) is 0 Å². The third-order valence-electron chi connectivity index (χ3n) is 5.05. The third-order valence-corrected chi connectivity index (χ3v) is 5.05. The number of para-hydroxylation sites is 1. The molecule has 4 rings (SSSR count). The lowest BCUT2D eigenvalue weighted by molar-refractivity contribution is -0.128. The van der Waals surface area contributed by atoms with Crippen LogP contribution in [0.3, 0.4) is 0 Å². The standard InChI is InChI=1S/C22H22N4O3/c27-20(12-15-7-9-17(10-8-15)26-11-3-6-22(26)29)24-25-21(28)13-16-14-23-19-5-2-1-4-18(16)19/h1-2,4-5,7-10,14,23H,3,6,11-13H2,(H,24,27)(H,25,28). The van der Waals surface area contributed by atoms with Gasteiger partial charge in [-0.25, -0.2) is 0 Å². The number of rotatable bonds is 5. The number of nitrogens with zero attached hydrogens (tertiary/aromatic N) is 1. The number of aromatic amines is 1. The number of nitrogens with one attached hydrogen (secondary N) is 3. The lowest BCUT2D eigenvalue weighted by Crippen LogP contribution is -2.43. The van der Waals surface area contributed by atoms with Crippen LogP contribution >= 0.6 is 0 Å². The van der Waals surface area contributed by atoms with E-state index in [1.54, 1.807) is 11.1 Å². The van der Waals surface area contributed by atoms with Gasteiger partial charge < -0.3 is 9.88 Å². The topological polar surface area (TPSA) is 94.3 Å². The maximum Gasteiger partial charge on any atom is 0.242 e. The van der Waals surface area contributed by atoms with E-state index < -0.39 is 0 Å². The van der Waals surface area contributed by atoms with Crippen LogP contribution in [0.4, 0.5) is 5.69 Å². The van der Waals surface area contributed by atoms with Crippen LogP contribution in [0.15, 0.2) is 54.7 Å². The Morgan fingerprint density at radius 2 is 1.69 bits per heavy atom. The number of fused-ring (bicyclic) bond motifs is 1. The Kier molecular flexibility index (Phi) is 5.29. The first-order valence-corrected chi connectivity index (χ1v) is 9.62. The Balaban J connectivity index is 1.27. The van der Waals surface area contributed by atoms with Gasteiger partial charge in [0.05, 0.1) is 12.8 Å². The SMILES string of the molecule is O=C(Cc1ccc(N2CCCC2=O)cc1)NNC(=O)Cc1c[nH]c2ccccc12. The smallest absolute Gasteiger partial charge is 0.242 e. The first-order valence-electron chi connectivity index (χ1n) is 9.62. The molecule has 7 nitrogen and oxygen atoms in total. The van der Waals surface area contributed by atoms with Gasteiger partial charge in [-0.05, 0) is 35.7 Å². The Labute approximate surface area is 168 Å². The molecule has 0 unspecified atom stereocenters. The van der Waals surface area contributed by atoms with E-state index in [9.17, 15) is 14.4 Å². The van der Waals surface area contributed by atoms with Crippen molar-refractivity contribution in [3.63, 3.8) is 0 Å². The zero-order valence-corrected chi connectivity index (χ0v) is 15.9. The number of hydrogen-bond acceptors (Lipinski definition) is 3. The lowest BCUT2D eigenvalue weighted by Gasteiger charge is -2.15. The summed E-state index contributed by atoms with van der Waals surface area (Å²) < 4.78 is 0. The Hall–Kier alpha value is -3.61. The lowest BCUT2D eigenvalue weighted by atomic mass is 10.1. The predicted molar refractivity (Wildman–Crippen MR) is 110 cm³/mol. The quantitative estimate of drug-likeness (QED) is 0.583. The van der Waals surface area contributed by atoms with Gasteiger partial charge in [-0.1, -0.05) is 30.3 Å². The molecule has 3 aromatic rings. The molecule has 0 aliphatic carbocycles. The molecular weight excluding hydrogens is 368 g/mol. The summed E-state index contributed by atoms with van der Waals surface area (Å²) in [6.45, 7) is 0.737. The van der Waals surface area contributed by atoms with E-state index in [-0.39, 0.29) is 30.6 Å². The molecule has 0 saturated carbocycles. The maximum atomic E-state index is 12.2. The zero-order chi connectivity index (χ0) is 20.2. The van der Waals surface area contributed by atoms with Crippen LogP contribution in [0.1, 0.15) is 24.0 Å². The second-order valence-corrected chi connectivity index (χ2v) is 7.12. The van der Waals surface area contributed by atoms with E-state index in [0.29, 0.717) is 6.42 Å². The van der Waals surface area contributed by atoms with Gasteiger partial charge in [-0.2, -0.15) is 0 Å². The molecular formula is C22H22N4O3. The summed E-state index contributed by atoms with van der Waals surface area (Å²) in [6.07, 6.45) is 3.58. The van der Waals surface area contributed by atoms with Crippen molar-refractivity contribution in [1.29, 1.82) is 0 Å². The number of anilines is 1. The van der Waals surface area contributed by atoms with Crippen molar-refractivity contribution in [2.45, 2.75) is 25.7 Å². The summed E-state index contributed by atoms with van der Waals surface area (Å²) >= 11 is 0. The van der Waals surface area contributed by atoms with Gasteiger partial charge in [0, 0.05) is 35.8 Å². The molecule has 2 aromatic carbocycles. The van der Waals surface area contributed by atoms with Gasteiger partial charge in [0.1, 0.15) is 0 Å². The number of amides is 3. The summed E-state index contributed by atoms with van der Waals surface area (Å²) in [5.41, 5.74) is 8.42. The molecule has 29 heavy (non-hydrogen) atoms. The second-order valence-electron chi connectivity index (χ2n) is 7.12. The van der Waals surface area contributed by atoms with Crippen LogP contribution in [-0.4, -0.2) is 29.3 Å². The number of carbonyl (C=O) groups excluding carboxylic acids is 3. The molecule has 0 atom stereocenters. The highest BCUT2D eigenvalue weighted by molar-refractivity contribution is 5.95. The van der Waals surface area contributed by atoms with Gasteiger partial charge in [0.15, 0.2) is 0 Å². The molecule has 2 heterocycles. The first kappa shape index (κ1) is 18.7. The highest BCUT2D eigenvalue weighted by atomic mass is 16.2. The maximum absolute atomic E-state index is 12.2. The van der Waals surface area contributed by atoms with Crippen molar-refractivity contribution < 1.29 is 14.4 Å². The van der Waals surface area contributed by atoms with Crippen LogP contribution in [0.25, 0.3) is 10.9 Å². The number of carbonyl (C=O) groups is 3. The fourth-order valence-electron chi connectivity index (χ4n) is 3.58. The zero-order valence-electron chi connectivity index (χ0n) is 15.9. The molecule has 1 saturated heterocycles. The molecule has 0 radical (unpaired) electrons. The monoisotopic (exact) mass is 390 g/mol. The number of hydrogen-bond donors (Lipinski definition) is 3. The molecule has 0 bridgehead atoms. The minimum atomic E-state index is -0.303. The summed E-state index contributed by atoms with van der Waals surface area (Å²) in [6, 6.07) is 15.1. The van der Waals surface area contributed by atoms with E-state index in [1.165, 1.54) is 0 Å². The normalized spacial score (nSPS) is 13.7. The fourth-order valence-corrected chi connectivity index (χ4v) is 3.58. The van der Waals surface area contributed by atoms with Crippen LogP contribution in [-0.2, 0) is 27.2 Å². The fraction of sp³-hybridized carbons (Fsp3) is 0.227. The van der Waals surface area contributed by atoms with Crippen molar-refractivity contribution in [2.75, 3.05) is 11.4 Å². The average Bonchev–Trinajstić information content (AvgIpc) is 3.34. The van der Waals surface area contributed by atoms with Crippen molar-refractivity contribution >= 4 is 34.3 Å². The van der Waals surface area contributed by atoms with Gasteiger partial charge >= 0.3 is 0 Å². The minimum Gasteiger partial charge on any atom is -0.361 e. The van der Waals surface area contributed by atoms with Crippen LogP contribution in [0, 0.1) is 0 Å². The van der Waals surface area contributed by atoms with Gasteiger partial charge in [0.2, 0.25) is 17.7 Å². The molecule has 1 fully saturated rings. The summed E-state index contributed by atoms with van der Waals surface area (Å²) in [5.74, 6) is -0.457. The predicted octanol–water partition coefficient (Wildman–Crippen LogP) is 2.23. The summed E-state index contributed by atoms with van der Waals surface area (Å²) in [5, 5.41) is 0.991. The molecule has 1 aliphatic heterocycles. The van der Waals surface area contributed by atoms with Gasteiger partial charge in [-0.3, -0.25) is 25.2 Å². The summed E-state index contributed by atoms with van der Waals surface area (Å²) in [4.78, 5) is 41.0.